The molecule has 110 valence electrons. The molecule has 2 rings (SSSR count). The van der Waals surface area contributed by atoms with Crippen LogP contribution in [0, 0.1) is 0 Å². The number of aryl methyl sites for hydroxylation is 1. The second-order valence-electron chi connectivity index (χ2n) is 5.65. The van der Waals surface area contributed by atoms with Crippen molar-refractivity contribution in [3.8, 4) is 0 Å². The molecule has 3 nitrogen and oxygen atoms in total. The number of rotatable bonds is 7. The third kappa shape index (κ3) is 4.34. The number of carbonyl (C=O) groups excluding carboxylic acids is 1. The van der Waals surface area contributed by atoms with Crippen molar-refractivity contribution in [2.45, 2.75) is 51.0 Å². The van der Waals surface area contributed by atoms with Gasteiger partial charge in [0.2, 0.25) is 5.91 Å². The molecular weight excluding hydrogens is 248 g/mol. The van der Waals surface area contributed by atoms with Crippen molar-refractivity contribution in [1.82, 2.24) is 4.90 Å². The van der Waals surface area contributed by atoms with Crippen LogP contribution in [0.25, 0.3) is 0 Å². The minimum absolute atomic E-state index is 0.300. The fourth-order valence-electron chi connectivity index (χ4n) is 3.03. The summed E-state index contributed by atoms with van der Waals surface area (Å²) in [5, 5.41) is 0. The van der Waals surface area contributed by atoms with E-state index >= 15 is 0 Å². The molecule has 0 aliphatic heterocycles. The van der Waals surface area contributed by atoms with E-state index in [0.717, 1.165) is 19.4 Å². The van der Waals surface area contributed by atoms with Crippen molar-refractivity contribution in [2.75, 3.05) is 13.1 Å². The minimum atomic E-state index is 0.300. The monoisotopic (exact) mass is 274 g/mol. The van der Waals surface area contributed by atoms with Crippen molar-refractivity contribution in [3.63, 3.8) is 0 Å². The van der Waals surface area contributed by atoms with Gasteiger partial charge in [-0.2, -0.15) is 0 Å². The molecule has 0 unspecified atom stereocenters. The van der Waals surface area contributed by atoms with E-state index in [-0.39, 0.29) is 0 Å². The number of amides is 1. The first-order valence-electron chi connectivity index (χ1n) is 7.84. The summed E-state index contributed by atoms with van der Waals surface area (Å²) in [4.78, 5) is 14.6. The first-order valence-corrected chi connectivity index (χ1v) is 7.84. The molecule has 2 N–H and O–H groups in total. The van der Waals surface area contributed by atoms with E-state index in [4.69, 9.17) is 5.73 Å². The predicted molar refractivity (Wildman–Crippen MR) is 82.4 cm³/mol. The Morgan fingerprint density at radius 1 is 1.20 bits per heavy atom. The highest BCUT2D eigenvalue weighted by molar-refractivity contribution is 5.76. The molecule has 1 aliphatic rings. The van der Waals surface area contributed by atoms with Gasteiger partial charge < -0.3 is 10.6 Å². The molecule has 1 aromatic carbocycles. The molecular formula is C17H26N2O. The van der Waals surface area contributed by atoms with Gasteiger partial charge in [-0.3, -0.25) is 4.79 Å². The van der Waals surface area contributed by atoms with Crippen LogP contribution in [0.4, 0.5) is 0 Å². The molecule has 0 aromatic heterocycles. The zero-order valence-corrected chi connectivity index (χ0v) is 12.3. The lowest BCUT2D eigenvalue weighted by molar-refractivity contribution is -0.133. The normalized spacial score (nSPS) is 15.4. The standard InChI is InChI=1S/C17H26N2O/c18-13-6-14-19(16-9-4-5-10-16)17(20)12-11-15-7-2-1-3-8-15/h1-3,7-8,16H,4-6,9-14,18H2. The summed E-state index contributed by atoms with van der Waals surface area (Å²) in [5.41, 5.74) is 6.84. The largest absolute Gasteiger partial charge is 0.340 e. The van der Waals surface area contributed by atoms with Gasteiger partial charge in [-0.25, -0.2) is 0 Å². The number of benzene rings is 1. The van der Waals surface area contributed by atoms with Crippen molar-refractivity contribution in [2.24, 2.45) is 5.73 Å². The number of hydrogen-bond acceptors (Lipinski definition) is 2. The molecule has 0 saturated heterocycles. The van der Waals surface area contributed by atoms with Gasteiger partial charge in [0.1, 0.15) is 0 Å². The molecule has 1 amide bonds. The summed E-state index contributed by atoms with van der Waals surface area (Å²) in [6, 6.07) is 10.7. The predicted octanol–water partition coefficient (Wildman–Crippen LogP) is 2.74. The fraction of sp³-hybridized carbons (Fsp3) is 0.588. The Hall–Kier alpha value is -1.35. The van der Waals surface area contributed by atoms with E-state index in [1.54, 1.807) is 0 Å². The van der Waals surface area contributed by atoms with Crippen LogP contribution >= 0.6 is 0 Å². The van der Waals surface area contributed by atoms with Gasteiger partial charge in [0.05, 0.1) is 0 Å². The molecule has 0 spiro atoms. The van der Waals surface area contributed by atoms with Crippen molar-refractivity contribution >= 4 is 5.91 Å². The average molecular weight is 274 g/mol. The van der Waals surface area contributed by atoms with E-state index in [2.05, 4.69) is 17.0 Å². The quantitative estimate of drug-likeness (QED) is 0.831. The molecule has 1 aliphatic carbocycles. The SMILES string of the molecule is NCCCN(C(=O)CCc1ccccc1)C1CCCC1. The topological polar surface area (TPSA) is 46.3 Å². The zero-order valence-electron chi connectivity index (χ0n) is 12.3. The number of carbonyl (C=O) groups is 1. The van der Waals surface area contributed by atoms with E-state index in [9.17, 15) is 4.79 Å². The van der Waals surface area contributed by atoms with Crippen LogP contribution in [-0.2, 0) is 11.2 Å². The second kappa shape index (κ2) is 8.05. The Bertz CT molecular complexity index is 399. The maximum Gasteiger partial charge on any atom is 0.223 e. The highest BCUT2D eigenvalue weighted by atomic mass is 16.2. The highest BCUT2D eigenvalue weighted by Gasteiger charge is 2.25. The van der Waals surface area contributed by atoms with Crippen LogP contribution in [0.5, 0.6) is 0 Å². The van der Waals surface area contributed by atoms with Crippen molar-refractivity contribution in [3.05, 3.63) is 35.9 Å². The summed E-state index contributed by atoms with van der Waals surface area (Å²) in [6.45, 7) is 1.49. The Kier molecular flexibility index (Phi) is 6.06. The Morgan fingerprint density at radius 3 is 2.55 bits per heavy atom. The Morgan fingerprint density at radius 2 is 1.90 bits per heavy atom. The van der Waals surface area contributed by atoms with Crippen LogP contribution in [0.1, 0.15) is 44.1 Å². The first-order chi connectivity index (χ1) is 9.81. The van der Waals surface area contributed by atoms with E-state index in [1.165, 1.54) is 31.2 Å². The summed E-state index contributed by atoms with van der Waals surface area (Å²) in [6.07, 6.45) is 7.22. The van der Waals surface area contributed by atoms with Crippen molar-refractivity contribution < 1.29 is 4.79 Å². The van der Waals surface area contributed by atoms with Gasteiger partial charge in [0.15, 0.2) is 0 Å². The van der Waals surface area contributed by atoms with Gasteiger partial charge in [-0.15, -0.1) is 0 Å². The molecule has 0 radical (unpaired) electrons. The zero-order chi connectivity index (χ0) is 14.2. The molecule has 0 atom stereocenters. The van der Waals surface area contributed by atoms with E-state index in [0.29, 0.717) is 24.9 Å². The summed E-state index contributed by atoms with van der Waals surface area (Å²) >= 11 is 0. The van der Waals surface area contributed by atoms with Gasteiger partial charge in [0.25, 0.3) is 0 Å². The highest BCUT2D eigenvalue weighted by Crippen LogP contribution is 2.24. The van der Waals surface area contributed by atoms with E-state index in [1.807, 2.05) is 18.2 Å². The lowest BCUT2D eigenvalue weighted by atomic mass is 10.1. The van der Waals surface area contributed by atoms with Gasteiger partial charge in [-0.1, -0.05) is 43.2 Å². The van der Waals surface area contributed by atoms with Crippen LogP contribution in [-0.4, -0.2) is 29.9 Å². The molecule has 1 fully saturated rings. The molecule has 1 saturated carbocycles. The first kappa shape index (κ1) is 15.0. The van der Waals surface area contributed by atoms with E-state index < -0.39 is 0 Å². The number of nitrogens with zero attached hydrogens (tertiary/aromatic N) is 1. The third-order valence-corrected chi connectivity index (χ3v) is 4.16. The summed E-state index contributed by atoms with van der Waals surface area (Å²) < 4.78 is 0. The molecule has 0 heterocycles. The van der Waals surface area contributed by atoms with Gasteiger partial charge in [0, 0.05) is 19.0 Å². The van der Waals surface area contributed by atoms with Crippen LogP contribution in [0.15, 0.2) is 30.3 Å². The lowest BCUT2D eigenvalue weighted by Crippen LogP contribution is -2.40. The molecule has 1 aromatic rings. The number of nitrogens with two attached hydrogens (primary N) is 1. The maximum absolute atomic E-state index is 12.5. The average Bonchev–Trinajstić information content (AvgIpc) is 3.01. The third-order valence-electron chi connectivity index (χ3n) is 4.16. The smallest absolute Gasteiger partial charge is 0.223 e. The molecule has 20 heavy (non-hydrogen) atoms. The van der Waals surface area contributed by atoms with Crippen LogP contribution < -0.4 is 5.73 Å². The van der Waals surface area contributed by atoms with Gasteiger partial charge >= 0.3 is 0 Å². The second-order valence-corrected chi connectivity index (χ2v) is 5.65. The van der Waals surface area contributed by atoms with Crippen LogP contribution in [0.2, 0.25) is 0 Å². The minimum Gasteiger partial charge on any atom is -0.340 e. The molecule has 3 heteroatoms. The van der Waals surface area contributed by atoms with Crippen LogP contribution in [0.3, 0.4) is 0 Å². The Labute approximate surface area is 122 Å². The Balaban J connectivity index is 1.88. The number of hydrogen-bond donors (Lipinski definition) is 1. The summed E-state index contributed by atoms with van der Waals surface area (Å²) in [7, 11) is 0. The van der Waals surface area contributed by atoms with Gasteiger partial charge in [-0.05, 0) is 37.8 Å². The lowest BCUT2D eigenvalue weighted by Gasteiger charge is -2.29. The maximum atomic E-state index is 12.5. The summed E-state index contributed by atoms with van der Waals surface area (Å²) in [5.74, 6) is 0.300. The molecule has 0 bridgehead atoms. The fourth-order valence-corrected chi connectivity index (χ4v) is 3.03. The van der Waals surface area contributed by atoms with Crippen molar-refractivity contribution in [1.29, 1.82) is 0 Å².